The summed E-state index contributed by atoms with van der Waals surface area (Å²) < 4.78 is 12.7. The Balaban J connectivity index is 2.54. The largest absolute Gasteiger partial charge is 0.366 e. The highest BCUT2D eigenvalue weighted by atomic mass is 19.1. The van der Waals surface area contributed by atoms with Gasteiger partial charge in [-0.25, -0.2) is 4.39 Å². The van der Waals surface area contributed by atoms with Crippen molar-refractivity contribution in [3.05, 3.63) is 59.7 Å². The van der Waals surface area contributed by atoms with E-state index >= 15 is 0 Å². The number of alkyl halides is 1. The van der Waals surface area contributed by atoms with E-state index in [-0.39, 0.29) is 0 Å². The quantitative estimate of drug-likeness (QED) is 0.863. The Kier molecular flexibility index (Phi) is 3.19. The standard InChI is InChI=1S/C14H12FNO/c15-9-10-6-12(8-13(7-10)14(16)17)11-4-2-1-3-5-11/h1-8H,9H2,(H2,16,17). The third kappa shape index (κ3) is 2.50. The zero-order valence-electron chi connectivity index (χ0n) is 9.19. The first-order valence-corrected chi connectivity index (χ1v) is 5.26. The first-order chi connectivity index (χ1) is 8.20. The van der Waals surface area contributed by atoms with Gasteiger partial charge in [0.25, 0.3) is 0 Å². The van der Waals surface area contributed by atoms with Crippen molar-refractivity contribution in [1.29, 1.82) is 0 Å². The van der Waals surface area contributed by atoms with Gasteiger partial charge in [0.15, 0.2) is 0 Å². The van der Waals surface area contributed by atoms with Crippen LogP contribution in [0.1, 0.15) is 15.9 Å². The maximum Gasteiger partial charge on any atom is 0.248 e. The van der Waals surface area contributed by atoms with Crippen molar-refractivity contribution in [2.45, 2.75) is 6.67 Å². The lowest BCUT2D eigenvalue weighted by Crippen LogP contribution is -2.11. The number of nitrogens with two attached hydrogens (primary N) is 1. The predicted octanol–water partition coefficient (Wildman–Crippen LogP) is 2.92. The van der Waals surface area contributed by atoms with Crippen LogP contribution in [-0.4, -0.2) is 5.91 Å². The van der Waals surface area contributed by atoms with E-state index in [1.807, 2.05) is 30.3 Å². The molecule has 0 saturated carbocycles. The highest BCUT2D eigenvalue weighted by molar-refractivity contribution is 5.94. The fraction of sp³-hybridized carbons (Fsp3) is 0.0714. The van der Waals surface area contributed by atoms with Crippen LogP contribution < -0.4 is 5.73 Å². The molecule has 17 heavy (non-hydrogen) atoms. The Morgan fingerprint density at radius 3 is 2.35 bits per heavy atom. The smallest absolute Gasteiger partial charge is 0.248 e. The molecular formula is C14H12FNO. The normalized spacial score (nSPS) is 10.2. The molecule has 86 valence electrons. The van der Waals surface area contributed by atoms with Crippen molar-refractivity contribution in [1.82, 2.24) is 0 Å². The molecule has 0 unspecified atom stereocenters. The van der Waals surface area contributed by atoms with Gasteiger partial charge in [0.05, 0.1) is 0 Å². The number of primary amides is 1. The van der Waals surface area contributed by atoms with Crippen LogP contribution in [0.2, 0.25) is 0 Å². The summed E-state index contributed by atoms with van der Waals surface area (Å²) >= 11 is 0. The number of halogens is 1. The average Bonchev–Trinajstić information content (AvgIpc) is 2.39. The summed E-state index contributed by atoms with van der Waals surface area (Å²) in [4.78, 5) is 11.2. The monoisotopic (exact) mass is 229 g/mol. The molecular weight excluding hydrogens is 217 g/mol. The molecule has 2 N–H and O–H groups in total. The Morgan fingerprint density at radius 1 is 1.06 bits per heavy atom. The number of carbonyl (C=O) groups is 1. The molecule has 0 aliphatic heterocycles. The maximum atomic E-state index is 12.7. The van der Waals surface area contributed by atoms with Gasteiger partial charge in [-0.1, -0.05) is 30.3 Å². The van der Waals surface area contributed by atoms with E-state index in [0.717, 1.165) is 11.1 Å². The molecule has 0 aliphatic carbocycles. The zero-order valence-corrected chi connectivity index (χ0v) is 9.19. The number of amides is 1. The van der Waals surface area contributed by atoms with E-state index in [0.29, 0.717) is 11.1 Å². The topological polar surface area (TPSA) is 43.1 Å². The van der Waals surface area contributed by atoms with Gasteiger partial charge in [-0.05, 0) is 34.9 Å². The van der Waals surface area contributed by atoms with Gasteiger partial charge in [-0.15, -0.1) is 0 Å². The lowest BCUT2D eigenvalue weighted by Gasteiger charge is -2.06. The van der Waals surface area contributed by atoms with Crippen molar-refractivity contribution >= 4 is 5.91 Å². The minimum atomic E-state index is -0.610. The Labute approximate surface area is 98.9 Å². The number of carbonyl (C=O) groups excluding carboxylic acids is 1. The van der Waals surface area contributed by atoms with Crippen LogP contribution in [0, 0.1) is 0 Å². The average molecular weight is 229 g/mol. The van der Waals surface area contributed by atoms with Crippen LogP contribution >= 0.6 is 0 Å². The third-order valence-electron chi connectivity index (χ3n) is 2.54. The molecule has 0 aromatic heterocycles. The molecule has 2 rings (SSSR count). The lowest BCUT2D eigenvalue weighted by atomic mass is 10.00. The second-order valence-corrected chi connectivity index (χ2v) is 3.78. The van der Waals surface area contributed by atoms with Crippen LogP contribution in [0.25, 0.3) is 11.1 Å². The molecule has 0 saturated heterocycles. The summed E-state index contributed by atoms with van der Waals surface area (Å²) in [6.45, 7) is -0.610. The second-order valence-electron chi connectivity index (χ2n) is 3.78. The summed E-state index contributed by atoms with van der Waals surface area (Å²) in [5, 5.41) is 0. The van der Waals surface area contributed by atoms with Crippen molar-refractivity contribution in [3.8, 4) is 11.1 Å². The number of rotatable bonds is 3. The fourth-order valence-corrected chi connectivity index (χ4v) is 1.71. The molecule has 0 atom stereocenters. The number of hydrogen-bond acceptors (Lipinski definition) is 1. The van der Waals surface area contributed by atoms with Gasteiger partial charge in [0, 0.05) is 5.56 Å². The van der Waals surface area contributed by atoms with E-state index in [9.17, 15) is 9.18 Å². The first kappa shape index (κ1) is 11.3. The molecule has 2 nitrogen and oxygen atoms in total. The summed E-state index contributed by atoms with van der Waals surface area (Å²) in [6, 6.07) is 14.4. The van der Waals surface area contributed by atoms with Crippen LogP contribution in [0.15, 0.2) is 48.5 Å². The predicted molar refractivity (Wildman–Crippen MR) is 65.2 cm³/mol. The van der Waals surface area contributed by atoms with Crippen LogP contribution in [-0.2, 0) is 6.67 Å². The van der Waals surface area contributed by atoms with Crippen molar-refractivity contribution in [2.24, 2.45) is 5.73 Å². The summed E-state index contributed by atoms with van der Waals surface area (Å²) in [5.74, 6) is -0.544. The lowest BCUT2D eigenvalue weighted by molar-refractivity contribution is 0.1000. The zero-order chi connectivity index (χ0) is 12.3. The van der Waals surface area contributed by atoms with Gasteiger partial charge in [-0.3, -0.25) is 4.79 Å². The fourth-order valence-electron chi connectivity index (χ4n) is 1.71. The summed E-state index contributed by atoms with van der Waals surface area (Å²) in [7, 11) is 0. The highest BCUT2D eigenvalue weighted by Crippen LogP contribution is 2.22. The number of benzene rings is 2. The molecule has 0 radical (unpaired) electrons. The molecule has 1 amide bonds. The molecule has 0 fully saturated rings. The van der Waals surface area contributed by atoms with Gasteiger partial charge in [-0.2, -0.15) is 0 Å². The van der Waals surface area contributed by atoms with E-state index in [4.69, 9.17) is 5.73 Å². The maximum absolute atomic E-state index is 12.7. The second kappa shape index (κ2) is 4.78. The SMILES string of the molecule is NC(=O)c1cc(CF)cc(-c2ccccc2)c1. The van der Waals surface area contributed by atoms with Crippen molar-refractivity contribution < 1.29 is 9.18 Å². The van der Waals surface area contributed by atoms with E-state index < -0.39 is 12.6 Å². The van der Waals surface area contributed by atoms with Crippen molar-refractivity contribution in [3.63, 3.8) is 0 Å². The first-order valence-electron chi connectivity index (χ1n) is 5.26. The Bertz CT molecular complexity index is 537. The van der Waals surface area contributed by atoms with E-state index in [1.165, 1.54) is 6.07 Å². The van der Waals surface area contributed by atoms with Crippen LogP contribution in [0.3, 0.4) is 0 Å². The van der Waals surface area contributed by atoms with Crippen LogP contribution in [0.5, 0.6) is 0 Å². The van der Waals surface area contributed by atoms with Gasteiger partial charge in [0.2, 0.25) is 5.91 Å². The van der Waals surface area contributed by atoms with E-state index in [2.05, 4.69) is 0 Å². The molecule has 0 bridgehead atoms. The Hall–Kier alpha value is -2.16. The molecule has 0 aliphatic rings. The Morgan fingerprint density at radius 2 is 1.76 bits per heavy atom. The molecule has 0 spiro atoms. The minimum Gasteiger partial charge on any atom is -0.366 e. The highest BCUT2D eigenvalue weighted by Gasteiger charge is 2.06. The van der Waals surface area contributed by atoms with Crippen LogP contribution in [0.4, 0.5) is 4.39 Å². The van der Waals surface area contributed by atoms with Gasteiger partial charge >= 0.3 is 0 Å². The molecule has 2 aromatic carbocycles. The summed E-state index contributed by atoms with van der Waals surface area (Å²) in [5.41, 5.74) is 7.75. The van der Waals surface area contributed by atoms with Gasteiger partial charge in [0.1, 0.15) is 6.67 Å². The molecule has 3 heteroatoms. The molecule has 2 aromatic rings. The van der Waals surface area contributed by atoms with Crippen molar-refractivity contribution in [2.75, 3.05) is 0 Å². The number of hydrogen-bond donors (Lipinski definition) is 1. The minimum absolute atomic E-state index is 0.332. The summed E-state index contributed by atoms with van der Waals surface area (Å²) in [6.07, 6.45) is 0. The van der Waals surface area contributed by atoms with E-state index in [1.54, 1.807) is 12.1 Å². The van der Waals surface area contributed by atoms with Gasteiger partial charge < -0.3 is 5.73 Å². The third-order valence-corrected chi connectivity index (χ3v) is 2.54. The molecule has 0 heterocycles.